The van der Waals surface area contributed by atoms with E-state index < -0.39 is 0 Å². The van der Waals surface area contributed by atoms with Crippen molar-refractivity contribution in [3.63, 3.8) is 0 Å². The molecule has 5 heteroatoms. The number of esters is 1. The van der Waals surface area contributed by atoms with E-state index in [0.717, 1.165) is 39.3 Å². The molecule has 0 bridgehead atoms. The average Bonchev–Trinajstić information content (AvgIpc) is 2.82. The predicted molar refractivity (Wildman–Crippen MR) is 61.7 cm³/mol. The molecule has 98 valence electrons. The van der Waals surface area contributed by atoms with Gasteiger partial charge in [-0.05, 0) is 12.3 Å². The number of hydrogen-bond acceptors (Lipinski definition) is 5. The van der Waals surface area contributed by atoms with Crippen LogP contribution in [0.2, 0.25) is 0 Å². The first-order valence-electron chi connectivity index (χ1n) is 6.26. The molecule has 2 atom stereocenters. The molecule has 2 saturated heterocycles. The zero-order chi connectivity index (χ0) is 12.1. The first kappa shape index (κ1) is 12.8. The number of methoxy groups -OCH3 is 1. The normalized spacial score (nSPS) is 30.4. The summed E-state index contributed by atoms with van der Waals surface area (Å²) in [4.78, 5) is 13.6. The van der Waals surface area contributed by atoms with Gasteiger partial charge in [0.1, 0.15) is 0 Å². The highest BCUT2D eigenvalue weighted by atomic mass is 16.5. The van der Waals surface area contributed by atoms with Gasteiger partial charge in [-0.2, -0.15) is 0 Å². The summed E-state index contributed by atoms with van der Waals surface area (Å²) in [6.45, 7) is 5.30. The summed E-state index contributed by atoms with van der Waals surface area (Å²) in [6, 6.07) is 0. The molecule has 2 aliphatic heterocycles. The third-order valence-electron chi connectivity index (χ3n) is 3.39. The fraction of sp³-hybridized carbons (Fsp3) is 0.917. The van der Waals surface area contributed by atoms with E-state index in [2.05, 4.69) is 9.64 Å². The highest BCUT2D eigenvalue weighted by Crippen LogP contribution is 2.17. The van der Waals surface area contributed by atoms with Crippen molar-refractivity contribution in [2.45, 2.75) is 18.9 Å². The maximum atomic E-state index is 11.2. The van der Waals surface area contributed by atoms with Gasteiger partial charge in [-0.1, -0.05) is 0 Å². The van der Waals surface area contributed by atoms with Crippen molar-refractivity contribution in [2.24, 2.45) is 5.92 Å². The number of morpholine rings is 1. The quantitative estimate of drug-likeness (QED) is 0.664. The number of nitrogens with zero attached hydrogens (tertiary/aromatic N) is 1. The second-order valence-corrected chi connectivity index (χ2v) is 4.76. The van der Waals surface area contributed by atoms with Gasteiger partial charge < -0.3 is 14.2 Å². The van der Waals surface area contributed by atoms with E-state index in [1.54, 1.807) is 0 Å². The summed E-state index contributed by atoms with van der Waals surface area (Å²) < 4.78 is 15.6. The molecule has 0 aromatic carbocycles. The van der Waals surface area contributed by atoms with E-state index in [0.29, 0.717) is 18.9 Å². The van der Waals surface area contributed by atoms with Crippen LogP contribution in [0.3, 0.4) is 0 Å². The van der Waals surface area contributed by atoms with E-state index in [4.69, 9.17) is 9.47 Å². The van der Waals surface area contributed by atoms with E-state index in [9.17, 15) is 4.79 Å². The fourth-order valence-electron chi connectivity index (χ4n) is 2.43. The van der Waals surface area contributed by atoms with Gasteiger partial charge in [0.25, 0.3) is 0 Å². The molecule has 0 N–H and O–H groups in total. The molecular weight excluding hydrogens is 222 g/mol. The van der Waals surface area contributed by atoms with Crippen molar-refractivity contribution in [2.75, 3.05) is 46.6 Å². The van der Waals surface area contributed by atoms with E-state index in [1.807, 2.05) is 0 Å². The number of carbonyl (C=O) groups excluding carboxylic acids is 1. The Kier molecular flexibility index (Phi) is 4.76. The lowest BCUT2D eigenvalue weighted by atomic mass is 10.1. The first-order chi connectivity index (χ1) is 8.28. The molecule has 5 nitrogen and oxygen atoms in total. The Balaban J connectivity index is 1.73. The Bertz CT molecular complexity index is 253. The molecule has 2 unspecified atom stereocenters. The molecule has 17 heavy (non-hydrogen) atoms. The number of ether oxygens (including phenoxy) is 3. The summed E-state index contributed by atoms with van der Waals surface area (Å²) in [6.07, 6.45) is 1.49. The molecule has 0 spiro atoms. The number of hydrogen-bond donors (Lipinski definition) is 0. The van der Waals surface area contributed by atoms with Crippen LogP contribution in [-0.4, -0.2) is 63.5 Å². The zero-order valence-electron chi connectivity index (χ0n) is 10.4. The van der Waals surface area contributed by atoms with Gasteiger partial charge in [-0.3, -0.25) is 9.69 Å². The number of rotatable bonds is 4. The smallest absolute Gasteiger partial charge is 0.308 e. The maximum Gasteiger partial charge on any atom is 0.308 e. The number of carbonyl (C=O) groups is 1. The Morgan fingerprint density at radius 1 is 1.47 bits per heavy atom. The van der Waals surface area contributed by atoms with Crippen molar-refractivity contribution >= 4 is 5.97 Å². The van der Waals surface area contributed by atoms with Gasteiger partial charge in [0.15, 0.2) is 0 Å². The maximum absolute atomic E-state index is 11.2. The molecule has 0 aliphatic carbocycles. The van der Waals surface area contributed by atoms with Crippen molar-refractivity contribution < 1.29 is 19.0 Å². The molecule has 2 rings (SSSR count). The van der Waals surface area contributed by atoms with Gasteiger partial charge in [-0.15, -0.1) is 0 Å². The molecule has 0 amide bonds. The Hall–Kier alpha value is -0.650. The molecule has 2 fully saturated rings. The SMILES string of the molecule is COC(=O)CC1CN(CC2CCOC2)CCO1. The highest BCUT2D eigenvalue weighted by Gasteiger charge is 2.26. The van der Waals surface area contributed by atoms with Crippen molar-refractivity contribution in [3.05, 3.63) is 0 Å². The van der Waals surface area contributed by atoms with Crippen LogP contribution in [0.15, 0.2) is 0 Å². The molecule has 0 saturated carbocycles. The molecule has 2 aliphatic rings. The lowest BCUT2D eigenvalue weighted by Gasteiger charge is -2.33. The summed E-state index contributed by atoms with van der Waals surface area (Å²) in [5.41, 5.74) is 0. The first-order valence-corrected chi connectivity index (χ1v) is 6.26. The largest absolute Gasteiger partial charge is 0.469 e. The zero-order valence-corrected chi connectivity index (χ0v) is 10.4. The minimum atomic E-state index is -0.193. The molecular formula is C12H21NO4. The average molecular weight is 243 g/mol. The summed E-state index contributed by atoms with van der Waals surface area (Å²) >= 11 is 0. The fourth-order valence-corrected chi connectivity index (χ4v) is 2.43. The van der Waals surface area contributed by atoms with Crippen LogP contribution >= 0.6 is 0 Å². The van der Waals surface area contributed by atoms with Gasteiger partial charge in [0, 0.05) is 26.2 Å². The van der Waals surface area contributed by atoms with Gasteiger partial charge in [0.05, 0.1) is 32.8 Å². The Morgan fingerprint density at radius 2 is 2.35 bits per heavy atom. The Labute approximate surface area is 102 Å². The minimum absolute atomic E-state index is 0.0153. The highest BCUT2D eigenvalue weighted by molar-refractivity contribution is 5.69. The lowest BCUT2D eigenvalue weighted by Crippen LogP contribution is -2.45. The molecule has 2 heterocycles. The standard InChI is InChI=1S/C12H21NO4/c1-15-12(14)6-11-8-13(3-5-17-11)7-10-2-4-16-9-10/h10-11H,2-9H2,1H3. The van der Waals surface area contributed by atoms with Crippen LogP contribution in [0.1, 0.15) is 12.8 Å². The van der Waals surface area contributed by atoms with Gasteiger partial charge in [-0.25, -0.2) is 0 Å². The third-order valence-corrected chi connectivity index (χ3v) is 3.39. The van der Waals surface area contributed by atoms with E-state index >= 15 is 0 Å². The van der Waals surface area contributed by atoms with Crippen LogP contribution in [-0.2, 0) is 19.0 Å². The van der Waals surface area contributed by atoms with Crippen molar-refractivity contribution in [3.8, 4) is 0 Å². The van der Waals surface area contributed by atoms with Crippen LogP contribution in [0.4, 0.5) is 0 Å². The van der Waals surface area contributed by atoms with Crippen LogP contribution < -0.4 is 0 Å². The van der Waals surface area contributed by atoms with Crippen LogP contribution in [0.5, 0.6) is 0 Å². The summed E-state index contributed by atoms with van der Waals surface area (Å²) in [5, 5.41) is 0. The van der Waals surface area contributed by atoms with Gasteiger partial charge >= 0.3 is 5.97 Å². The Morgan fingerprint density at radius 3 is 3.06 bits per heavy atom. The summed E-state index contributed by atoms with van der Waals surface area (Å²) in [7, 11) is 1.42. The second-order valence-electron chi connectivity index (χ2n) is 4.76. The van der Waals surface area contributed by atoms with Crippen LogP contribution in [0, 0.1) is 5.92 Å². The summed E-state index contributed by atoms with van der Waals surface area (Å²) in [5.74, 6) is 0.452. The lowest BCUT2D eigenvalue weighted by molar-refractivity contribution is -0.145. The molecule has 0 aromatic heterocycles. The monoisotopic (exact) mass is 243 g/mol. The minimum Gasteiger partial charge on any atom is -0.469 e. The van der Waals surface area contributed by atoms with Crippen molar-refractivity contribution in [1.82, 2.24) is 4.90 Å². The predicted octanol–water partition coefficient (Wildman–Crippen LogP) is 0.287. The van der Waals surface area contributed by atoms with Gasteiger partial charge in [0.2, 0.25) is 0 Å². The molecule has 0 radical (unpaired) electrons. The van der Waals surface area contributed by atoms with E-state index in [1.165, 1.54) is 7.11 Å². The van der Waals surface area contributed by atoms with E-state index in [-0.39, 0.29) is 12.1 Å². The van der Waals surface area contributed by atoms with Crippen molar-refractivity contribution in [1.29, 1.82) is 0 Å². The third kappa shape index (κ3) is 3.94. The molecule has 0 aromatic rings. The van der Waals surface area contributed by atoms with Crippen LogP contribution in [0.25, 0.3) is 0 Å². The topological polar surface area (TPSA) is 48.0 Å². The second kappa shape index (κ2) is 6.33.